The molecule has 2 heterocycles. The largest absolute Gasteiger partial charge is 0.452 e. The van der Waals surface area contributed by atoms with E-state index >= 15 is 0 Å². The Morgan fingerprint density at radius 1 is 0.500 bits per heavy atom. The van der Waals surface area contributed by atoms with Gasteiger partial charge in [0.2, 0.25) is 0 Å². The normalized spacial score (nSPS) is 12.0. The van der Waals surface area contributed by atoms with Gasteiger partial charge in [-0.15, -0.1) is 0 Å². The van der Waals surface area contributed by atoms with Gasteiger partial charge in [-0.1, -0.05) is 121 Å². The van der Waals surface area contributed by atoms with Crippen molar-refractivity contribution in [2.24, 2.45) is 0 Å². The number of benzene rings is 7. The minimum Gasteiger partial charge on any atom is -0.452 e. The second-order valence-corrected chi connectivity index (χ2v) is 10.8. The molecular formula is C39H24N2O. The smallest absolute Gasteiger partial charge is 0.159 e. The lowest BCUT2D eigenvalue weighted by Gasteiger charge is -2.23. The van der Waals surface area contributed by atoms with Crippen molar-refractivity contribution in [3.8, 4) is 50.8 Å². The van der Waals surface area contributed by atoms with E-state index in [1.807, 2.05) is 18.2 Å². The highest BCUT2D eigenvalue weighted by atomic mass is 16.5. The second kappa shape index (κ2) is 8.92. The fourth-order valence-electron chi connectivity index (χ4n) is 6.46. The summed E-state index contributed by atoms with van der Waals surface area (Å²) >= 11 is 0. The summed E-state index contributed by atoms with van der Waals surface area (Å²) in [5, 5.41) is 5.07. The van der Waals surface area contributed by atoms with Crippen LogP contribution in [0.5, 0.6) is 11.5 Å². The molecule has 0 saturated carbocycles. The van der Waals surface area contributed by atoms with Crippen molar-refractivity contribution in [3.05, 3.63) is 146 Å². The van der Waals surface area contributed by atoms with Crippen LogP contribution in [0, 0.1) is 0 Å². The van der Waals surface area contributed by atoms with Crippen LogP contribution in [0.2, 0.25) is 0 Å². The van der Waals surface area contributed by atoms with Gasteiger partial charge in [0.25, 0.3) is 0 Å². The number of ether oxygens (including phenoxy) is 1. The third kappa shape index (κ3) is 3.37. The molecule has 0 atom stereocenters. The van der Waals surface area contributed by atoms with Crippen LogP contribution in [-0.4, -0.2) is 9.55 Å². The number of para-hydroxylation sites is 2. The van der Waals surface area contributed by atoms with Crippen molar-refractivity contribution in [3.63, 3.8) is 0 Å². The first kappa shape index (κ1) is 23.1. The summed E-state index contributed by atoms with van der Waals surface area (Å²) in [6.45, 7) is 0. The van der Waals surface area contributed by atoms with Gasteiger partial charge in [0, 0.05) is 11.1 Å². The molecule has 0 N–H and O–H groups in total. The maximum absolute atomic E-state index is 6.64. The zero-order chi connectivity index (χ0) is 27.6. The molecule has 0 radical (unpaired) electrons. The summed E-state index contributed by atoms with van der Waals surface area (Å²) in [5.74, 6) is 2.58. The molecule has 8 aromatic rings. The van der Waals surface area contributed by atoms with Gasteiger partial charge in [-0.05, 0) is 62.5 Å². The average Bonchev–Trinajstić information content (AvgIpc) is 3.46. The van der Waals surface area contributed by atoms with Crippen molar-refractivity contribution in [1.82, 2.24) is 9.55 Å². The molecule has 0 spiro atoms. The van der Waals surface area contributed by atoms with E-state index < -0.39 is 0 Å². The van der Waals surface area contributed by atoms with Crippen molar-refractivity contribution >= 4 is 32.6 Å². The molecule has 3 heteroatoms. The van der Waals surface area contributed by atoms with Crippen LogP contribution >= 0.6 is 0 Å². The van der Waals surface area contributed by atoms with Gasteiger partial charge >= 0.3 is 0 Å². The van der Waals surface area contributed by atoms with E-state index in [0.29, 0.717) is 0 Å². The molecule has 9 rings (SSSR count). The van der Waals surface area contributed by atoms with E-state index in [0.717, 1.165) is 50.7 Å². The summed E-state index contributed by atoms with van der Waals surface area (Å²) < 4.78 is 8.89. The van der Waals surface area contributed by atoms with E-state index in [4.69, 9.17) is 9.72 Å². The molecular weight excluding hydrogens is 512 g/mol. The first-order chi connectivity index (χ1) is 20.8. The molecule has 1 aliphatic heterocycles. The van der Waals surface area contributed by atoms with Crippen molar-refractivity contribution in [2.45, 2.75) is 0 Å². The number of nitrogens with zero attached hydrogens (tertiary/aromatic N) is 2. The SMILES string of the molecule is c1ccc(-c2nc3cccc4c3n2-c2cccc(-c3ccc(-c5cc6ccccc6c6ccccc56)cc3)c2O4)cc1. The van der Waals surface area contributed by atoms with Crippen LogP contribution in [0.3, 0.4) is 0 Å². The summed E-state index contributed by atoms with van der Waals surface area (Å²) in [6.07, 6.45) is 0. The standard InChI is InChI=1S/C39H24N2O/c1-2-10-27(11-3-1)39-40-34-17-9-19-36-37(34)41(39)35-18-8-16-30(38(35)42-36)25-20-22-26(23-21-25)33-24-28-12-4-5-13-29(28)31-14-6-7-15-32(31)33/h1-24H. The Morgan fingerprint density at radius 3 is 2.02 bits per heavy atom. The van der Waals surface area contributed by atoms with Gasteiger partial charge in [0.15, 0.2) is 11.5 Å². The summed E-state index contributed by atoms with van der Waals surface area (Å²) in [5.41, 5.74) is 8.59. The lowest BCUT2D eigenvalue weighted by molar-refractivity contribution is 0.477. The Kier molecular flexibility index (Phi) is 4.90. The Hall–Kier alpha value is -5.67. The lowest BCUT2D eigenvalue weighted by atomic mass is 9.92. The molecule has 0 bridgehead atoms. The first-order valence-corrected chi connectivity index (χ1v) is 14.2. The highest BCUT2D eigenvalue weighted by molar-refractivity contribution is 6.13. The second-order valence-electron chi connectivity index (χ2n) is 10.8. The number of aromatic nitrogens is 2. The molecule has 0 unspecified atom stereocenters. The highest BCUT2D eigenvalue weighted by Crippen LogP contribution is 2.47. The molecule has 7 aromatic carbocycles. The van der Waals surface area contributed by atoms with Gasteiger partial charge < -0.3 is 4.74 Å². The van der Waals surface area contributed by atoms with Gasteiger partial charge in [-0.2, -0.15) is 0 Å². The molecule has 196 valence electrons. The number of fused-ring (bicyclic) bond motifs is 5. The van der Waals surface area contributed by atoms with Crippen LogP contribution in [0.4, 0.5) is 0 Å². The fourth-order valence-corrected chi connectivity index (χ4v) is 6.46. The van der Waals surface area contributed by atoms with Crippen LogP contribution in [-0.2, 0) is 0 Å². The summed E-state index contributed by atoms with van der Waals surface area (Å²) in [6, 6.07) is 51.3. The highest BCUT2D eigenvalue weighted by Gasteiger charge is 2.27. The molecule has 1 aromatic heterocycles. The molecule has 0 fully saturated rings. The topological polar surface area (TPSA) is 27.1 Å². The van der Waals surface area contributed by atoms with E-state index in [9.17, 15) is 0 Å². The number of rotatable bonds is 3. The Morgan fingerprint density at radius 2 is 1.19 bits per heavy atom. The van der Waals surface area contributed by atoms with Crippen LogP contribution in [0.1, 0.15) is 0 Å². The third-order valence-electron chi connectivity index (χ3n) is 8.39. The fraction of sp³-hybridized carbons (Fsp3) is 0. The zero-order valence-corrected chi connectivity index (χ0v) is 22.7. The maximum Gasteiger partial charge on any atom is 0.159 e. The first-order valence-electron chi connectivity index (χ1n) is 14.2. The lowest BCUT2D eigenvalue weighted by Crippen LogP contribution is -2.06. The molecule has 1 aliphatic rings. The van der Waals surface area contributed by atoms with Crippen LogP contribution in [0.15, 0.2) is 146 Å². The van der Waals surface area contributed by atoms with Crippen molar-refractivity contribution in [2.75, 3.05) is 0 Å². The Bertz CT molecular complexity index is 2310. The van der Waals surface area contributed by atoms with E-state index in [-0.39, 0.29) is 0 Å². The Labute approximate surface area is 242 Å². The predicted molar refractivity (Wildman–Crippen MR) is 172 cm³/mol. The summed E-state index contributed by atoms with van der Waals surface area (Å²) in [4.78, 5) is 5.03. The van der Waals surface area contributed by atoms with Crippen LogP contribution < -0.4 is 4.74 Å². The molecule has 0 aliphatic carbocycles. The van der Waals surface area contributed by atoms with E-state index in [1.54, 1.807) is 0 Å². The van der Waals surface area contributed by atoms with E-state index in [2.05, 4.69) is 132 Å². The molecule has 0 amide bonds. The minimum absolute atomic E-state index is 0.821. The minimum atomic E-state index is 0.821. The van der Waals surface area contributed by atoms with Crippen LogP contribution in [0.25, 0.3) is 71.9 Å². The molecule has 42 heavy (non-hydrogen) atoms. The molecule has 0 saturated heterocycles. The Balaban J connectivity index is 1.20. The van der Waals surface area contributed by atoms with Gasteiger partial charge in [0.1, 0.15) is 11.3 Å². The predicted octanol–water partition coefficient (Wildman–Crippen LogP) is 10.4. The average molecular weight is 537 g/mol. The molecule has 3 nitrogen and oxygen atoms in total. The summed E-state index contributed by atoms with van der Waals surface area (Å²) in [7, 11) is 0. The van der Waals surface area contributed by atoms with Crippen molar-refractivity contribution < 1.29 is 4.74 Å². The number of imidazole rings is 1. The van der Waals surface area contributed by atoms with Gasteiger partial charge in [0.05, 0.1) is 11.2 Å². The quantitative estimate of drug-likeness (QED) is 0.210. The van der Waals surface area contributed by atoms with Crippen molar-refractivity contribution in [1.29, 1.82) is 0 Å². The monoisotopic (exact) mass is 536 g/mol. The zero-order valence-electron chi connectivity index (χ0n) is 22.7. The maximum atomic E-state index is 6.64. The third-order valence-corrected chi connectivity index (χ3v) is 8.39. The van der Waals surface area contributed by atoms with Gasteiger partial charge in [-0.25, -0.2) is 4.98 Å². The number of hydrogen-bond acceptors (Lipinski definition) is 2. The van der Waals surface area contributed by atoms with E-state index in [1.165, 1.54) is 32.7 Å². The van der Waals surface area contributed by atoms with Gasteiger partial charge in [-0.3, -0.25) is 4.57 Å². The number of hydrogen-bond donors (Lipinski definition) is 0.